The molecule has 148 valence electrons. The molecule has 1 aliphatic heterocycles. The summed E-state index contributed by atoms with van der Waals surface area (Å²) in [7, 11) is 1.25. The minimum Gasteiger partial charge on any atom is -0.467 e. The molecular formula is C19H26N2O6. The first-order valence-electron chi connectivity index (χ1n) is 8.74. The van der Waals surface area contributed by atoms with E-state index in [-0.39, 0.29) is 19.6 Å². The van der Waals surface area contributed by atoms with Crippen molar-refractivity contribution in [1.82, 2.24) is 10.2 Å². The molecule has 8 nitrogen and oxygen atoms in total. The number of hydrogen-bond acceptors (Lipinski definition) is 6. The smallest absolute Gasteiger partial charge is 0.411 e. The lowest BCUT2D eigenvalue weighted by Crippen LogP contribution is -2.44. The molecule has 1 saturated heterocycles. The third-order valence-electron chi connectivity index (χ3n) is 3.94. The highest BCUT2D eigenvalue weighted by Crippen LogP contribution is 2.22. The summed E-state index contributed by atoms with van der Waals surface area (Å²) in [4.78, 5) is 37.7. The van der Waals surface area contributed by atoms with Gasteiger partial charge >= 0.3 is 18.2 Å². The lowest BCUT2D eigenvalue weighted by atomic mass is 10.2. The second kappa shape index (κ2) is 8.75. The number of ether oxygens (including phenoxy) is 3. The zero-order valence-electron chi connectivity index (χ0n) is 16.1. The highest BCUT2D eigenvalue weighted by atomic mass is 16.6. The molecule has 0 bridgehead atoms. The third kappa shape index (κ3) is 6.16. The van der Waals surface area contributed by atoms with Crippen LogP contribution in [0.3, 0.4) is 0 Å². The summed E-state index contributed by atoms with van der Waals surface area (Å²) in [6.07, 6.45) is -1.01. The third-order valence-corrected chi connectivity index (χ3v) is 3.94. The number of nitrogens with zero attached hydrogens (tertiary/aromatic N) is 1. The highest BCUT2D eigenvalue weighted by molar-refractivity contribution is 5.82. The number of hydrogen-bond donors (Lipinski definition) is 1. The molecular weight excluding hydrogens is 352 g/mol. The van der Waals surface area contributed by atoms with Crippen LogP contribution in [0.25, 0.3) is 0 Å². The largest absolute Gasteiger partial charge is 0.467 e. The number of carbonyl (C=O) groups is 3. The molecule has 0 radical (unpaired) electrons. The Morgan fingerprint density at radius 1 is 1.19 bits per heavy atom. The Balaban J connectivity index is 1.94. The molecule has 0 aliphatic carbocycles. The minimum atomic E-state index is -0.815. The van der Waals surface area contributed by atoms with Crippen molar-refractivity contribution < 1.29 is 28.6 Å². The van der Waals surface area contributed by atoms with Crippen LogP contribution in [-0.4, -0.2) is 54.4 Å². The highest BCUT2D eigenvalue weighted by Gasteiger charge is 2.42. The van der Waals surface area contributed by atoms with E-state index >= 15 is 0 Å². The van der Waals surface area contributed by atoms with Crippen LogP contribution in [0.1, 0.15) is 32.8 Å². The first kappa shape index (κ1) is 20.5. The number of benzene rings is 1. The van der Waals surface area contributed by atoms with E-state index in [4.69, 9.17) is 14.2 Å². The van der Waals surface area contributed by atoms with Crippen molar-refractivity contribution in [2.24, 2.45) is 0 Å². The zero-order valence-corrected chi connectivity index (χ0v) is 16.1. The maximum Gasteiger partial charge on any atom is 0.411 e. The van der Waals surface area contributed by atoms with E-state index in [1.807, 2.05) is 30.3 Å². The molecule has 1 aromatic rings. The summed E-state index contributed by atoms with van der Waals surface area (Å²) in [5.41, 5.74) is 0.166. The van der Waals surface area contributed by atoms with Gasteiger partial charge in [0.1, 0.15) is 18.2 Å². The second-order valence-corrected chi connectivity index (χ2v) is 7.31. The maximum atomic E-state index is 12.4. The van der Waals surface area contributed by atoms with E-state index in [1.165, 1.54) is 12.0 Å². The van der Waals surface area contributed by atoms with Crippen LogP contribution >= 0.6 is 0 Å². The van der Waals surface area contributed by atoms with Crippen LogP contribution in [-0.2, 0) is 25.6 Å². The van der Waals surface area contributed by atoms with Gasteiger partial charge in [-0.25, -0.2) is 14.4 Å². The fourth-order valence-electron chi connectivity index (χ4n) is 2.75. The standard InChI is InChI=1S/C19H26N2O6/c1-19(2,3)27-18(24)21-11-14(10-15(21)16(22)25-4)20-17(23)26-12-13-8-6-5-7-9-13/h5-9,14-15H,10-12H2,1-4H3,(H,20,23)/t14?,15-/m1/s1. The number of esters is 1. The van der Waals surface area contributed by atoms with Gasteiger partial charge in [-0.1, -0.05) is 30.3 Å². The van der Waals surface area contributed by atoms with E-state index in [9.17, 15) is 14.4 Å². The molecule has 0 spiro atoms. The van der Waals surface area contributed by atoms with Crippen LogP contribution in [0.4, 0.5) is 9.59 Å². The number of likely N-dealkylation sites (tertiary alicyclic amines) is 1. The van der Waals surface area contributed by atoms with Crippen LogP contribution in [0.5, 0.6) is 0 Å². The summed E-state index contributed by atoms with van der Waals surface area (Å²) < 4.78 is 15.3. The Hall–Kier alpha value is -2.77. The van der Waals surface area contributed by atoms with E-state index in [0.717, 1.165) is 5.56 Å². The Bertz CT molecular complexity index is 671. The number of carbonyl (C=O) groups excluding carboxylic acids is 3. The van der Waals surface area contributed by atoms with Gasteiger partial charge in [0, 0.05) is 13.0 Å². The Kier molecular flexibility index (Phi) is 6.65. The average Bonchev–Trinajstić information content (AvgIpc) is 3.02. The molecule has 1 fully saturated rings. The van der Waals surface area contributed by atoms with Crippen LogP contribution < -0.4 is 5.32 Å². The molecule has 1 N–H and O–H groups in total. The Labute approximate surface area is 158 Å². The predicted octanol–water partition coefficient (Wildman–Crippen LogP) is 2.46. The molecule has 0 aromatic heterocycles. The number of rotatable bonds is 4. The van der Waals surface area contributed by atoms with Gasteiger partial charge in [0.2, 0.25) is 0 Å². The van der Waals surface area contributed by atoms with Crippen LogP contribution in [0, 0.1) is 0 Å². The summed E-state index contributed by atoms with van der Waals surface area (Å²) in [6.45, 7) is 5.49. The van der Waals surface area contributed by atoms with E-state index in [0.29, 0.717) is 0 Å². The topological polar surface area (TPSA) is 94.2 Å². The SMILES string of the molecule is COC(=O)[C@H]1CC(NC(=O)OCc2ccccc2)CN1C(=O)OC(C)(C)C. The molecule has 0 saturated carbocycles. The van der Waals surface area contributed by atoms with Gasteiger partial charge in [-0.15, -0.1) is 0 Å². The van der Waals surface area contributed by atoms with Crippen molar-refractivity contribution >= 4 is 18.2 Å². The van der Waals surface area contributed by atoms with Gasteiger partial charge in [-0.3, -0.25) is 4.90 Å². The fraction of sp³-hybridized carbons (Fsp3) is 0.526. The number of nitrogens with one attached hydrogen (secondary N) is 1. The summed E-state index contributed by atoms with van der Waals surface area (Å²) in [5, 5.41) is 2.69. The summed E-state index contributed by atoms with van der Waals surface area (Å²) in [6, 6.07) is 8.02. The Morgan fingerprint density at radius 3 is 2.44 bits per heavy atom. The van der Waals surface area contributed by atoms with Gasteiger partial charge in [-0.2, -0.15) is 0 Å². The van der Waals surface area contributed by atoms with Crippen molar-refractivity contribution in [3.8, 4) is 0 Å². The van der Waals surface area contributed by atoms with Gasteiger partial charge in [-0.05, 0) is 26.3 Å². The molecule has 1 unspecified atom stereocenters. The molecule has 1 aromatic carbocycles. The number of methoxy groups -OCH3 is 1. The predicted molar refractivity (Wildman–Crippen MR) is 96.9 cm³/mol. The monoisotopic (exact) mass is 378 g/mol. The quantitative estimate of drug-likeness (QED) is 0.639. The van der Waals surface area contributed by atoms with Crippen molar-refractivity contribution in [2.75, 3.05) is 13.7 Å². The van der Waals surface area contributed by atoms with E-state index in [2.05, 4.69) is 5.32 Å². The van der Waals surface area contributed by atoms with E-state index in [1.54, 1.807) is 20.8 Å². The molecule has 2 atom stereocenters. The summed E-state index contributed by atoms with van der Waals surface area (Å²) in [5.74, 6) is -0.553. The molecule has 2 rings (SSSR count). The molecule has 2 amide bonds. The first-order chi connectivity index (χ1) is 12.7. The molecule has 27 heavy (non-hydrogen) atoms. The number of amides is 2. The lowest BCUT2D eigenvalue weighted by Gasteiger charge is -2.27. The molecule has 1 aliphatic rings. The summed E-state index contributed by atoms with van der Waals surface area (Å²) >= 11 is 0. The van der Waals surface area contributed by atoms with E-state index < -0.39 is 35.8 Å². The van der Waals surface area contributed by atoms with Crippen LogP contribution in [0.15, 0.2) is 30.3 Å². The molecule has 1 heterocycles. The fourth-order valence-corrected chi connectivity index (χ4v) is 2.75. The first-order valence-corrected chi connectivity index (χ1v) is 8.74. The van der Waals surface area contributed by atoms with Crippen LogP contribution in [0.2, 0.25) is 0 Å². The van der Waals surface area contributed by atoms with Crippen molar-refractivity contribution in [2.45, 2.75) is 51.5 Å². The second-order valence-electron chi connectivity index (χ2n) is 7.31. The normalized spacial score (nSPS) is 19.3. The average molecular weight is 378 g/mol. The van der Waals surface area contributed by atoms with Gasteiger partial charge in [0.05, 0.1) is 13.2 Å². The van der Waals surface area contributed by atoms with Crippen molar-refractivity contribution in [3.63, 3.8) is 0 Å². The lowest BCUT2D eigenvalue weighted by molar-refractivity contribution is -0.145. The maximum absolute atomic E-state index is 12.4. The minimum absolute atomic E-state index is 0.134. The Morgan fingerprint density at radius 2 is 1.85 bits per heavy atom. The van der Waals surface area contributed by atoms with Gasteiger partial charge in [0.15, 0.2) is 0 Å². The number of alkyl carbamates (subject to hydrolysis) is 1. The molecule has 8 heteroatoms. The van der Waals surface area contributed by atoms with Gasteiger partial charge in [0.25, 0.3) is 0 Å². The van der Waals surface area contributed by atoms with Crippen molar-refractivity contribution in [3.05, 3.63) is 35.9 Å². The van der Waals surface area contributed by atoms with Gasteiger partial charge < -0.3 is 19.5 Å². The van der Waals surface area contributed by atoms with Crippen molar-refractivity contribution in [1.29, 1.82) is 0 Å². The zero-order chi connectivity index (χ0) is 20.0.